The number of para-hydroxylation sites is 1. The first-order chi connectivity index (χ1) is 12.7. The van der Waals surface area contributed by atoms with Gasteiger partial charge in [-0.2, -0.15) is 0 Å². The van der Waals surface area contributed by atoms with E-state index in [1.807, 2.05) is 42.6 Å². The molecule has 0 bridgehead atoms. The Bertz CT molecular complexity index is 889. The summed E-state index contributed by atoms with van der Waals surface area (Å²) in [4.78, 5) is 15.2. The van der Waals surface area contributed by atoms with Crippen molar-refractivity contribution in [3.8, 4) is 11.5 Å². The van der Waals surface area contributed by atoms with Gasteiger partial charge in [0.2, 0.25) is 0 Å². The minimum atomic E-state index is -0.195. The molecule has 0 spiro atoms. The maximum atomic E-state index is 12.0. The lowest BCUT2D eigenvalue weighted by atomic mass is 10.1. The van der Waals surface area contributed by atoms with Gasteiger partial charge in [0.25, 0.3) is 0 Å². The molecule has 1 aromatic heterocycles. The van der Waals surface area contributed by atoms with Crippen LogP contribution in [0.5, 0.6) is 11.5 Å². The summed E-state index contributed by atoms with van der Waals surface area (Å²) in [6.07, 6.45) is 2.77. The third-order valence-corrected chi connectivity index (χ3v) is 4.26. The van der Waals surface area contributed by atoms with E-state index < -0.39 is 0 Å². The molecule has 0 aliphatic heterocycles. The van der Waals surface area contributed by atoms with E-state index in [-0.39, 0.29) is 6.03 Å². The van der Waals surface area contributed by atoms with Gasteiger partial charge in [0.05, 0.1) is 14.2 Å². The Morgan fingerprint density at radius 3 is 2.65 bits per heavy atom. The number of fused-ring (bicyclic) bond motifs is 1. The smallest absolute Gasteiger partial charge is 0.315 e. The standard InChI is InChI=1S/C20H23N3O3/c1-25-18-8-7-14(11-19(18)26-2)12-23-20(24)21-10-9-15-13-22-17-6-4-3-5-16(15)17/h3-8,11,13,22H,9-10,12H2,1-2H3,(H2,21,23,24). The number of carbonyl (C=O) groups is 1. The molecule has 0 aliphatic carbocycles. The molecule has 136 valence electrons. The quantitative estimate of drug-likeness (QED) is 0.610. The fourth-order valence-electron chi connectivity index (χ4n) is 2.88. The third-order valence-electron chi connectivity index (χ3n) is 4.26. The normalized spacial score (nSPS) is 10.5. The number of ether oxygens (including phenoxy) is 2. The van der Waals surface area contributed by atoms with Crippen LogP contribution in [0.2, 0.25) is 0 Å². The first-order valence-electron chi connectivity index (χ1n) is 8.49. The van der Waals surface area contributed by atoms with Crippen LogP contribution in [0.4, 0.5) is 4.79 Å². The summed E-state index contributed by atoms with van der Waals surface area (Å²) in [5.41, 5.74) is 3.25. The molecule has 0 aliphatic rings. The number of H-pyrrole nitrogens is 1. The molecule has 3 N–H and O–H groups in total. The number of aromatic nitrogens is 1. The molecule has 0 saturated carbocycles. The van der Waals surface area contributed by atoms with Crippen LogP contribution in [0.15, 0.2) is 48.7 Å². The molecule has 1 heterocycles. The molecule has 3 aromatic rings. The van der Waals surface area contributed by atoms with Crippen molar-refractivity contribution < 1.29 is 14.3 Å². The number of urea groups is 1. The molecular formula is C20H23N3O3. The number of carbonyl (C=O) groups excluding carboxylic acids is 1. The predicted octanol–water partition coefficient (Wildman–Crippen LogP) is 3.23. The van der Waals surface area contributed by atoms with Crippen LogP contribution in [0.1, 0.15) is 11.1 Å². The summed E-state index contributed by atoms with van der Waals surface area (Å²) in [5, 5.41) is 6.93. The van der Waals surface area contributed by atoms with Gasteiger partial charge < -0.3 is 25.1 Å². The molecule has 26 heavy (non-hydrogen) atoms. The molecule has 0 atom stereocenters. The van der Waals surface area contributed by atoms with Crippen LogP contribution in [0.3, 0.4) is 0 Å². The van der Waals surface area contributed by atoms with E-state index in [0.717, 1.165) is 17.5 Å². The van der Waals surface area contributed by atoms with E-state index in [4.69, 9.17) is 9.47 Å². The van der Waals surface area contributed by atoms with Crippen molar-refractivity contribution in [3.05, 3.63) is 59.8 Å². The van der Waals surface area contributed by atoms with Gasteiger partial charge in [0.1, 0.15) is 0 Å². The Kier molecular flexibility index (Phi) is 5.63. The van der Waals surface area contributed by atoms with E-state index >= 15 is 0 Å². The Morgan fingerprint density at radius 2 is 1.85 bits per heavy atom. The zero-order valence-corrected chi connectivity index (χ0v) is 15.0. The molecule has 0 saturated heterocycles. The van der Waals surface area contributed by atoms with Gasteiger partial charge in [0.15, 0.2) is 11.5 Å². The highest BCUT2D eigenvalue weighted by Gasteiger charge is 2.07. The number of amides is 2. The molecule has 2 aromatic carbocycles. The monoisotopic (exact) mass is 353 g/mol. The molecule has 0 radical (unpaired) electrons. The predicted molar refractivity (Wildman–Crippen MR) is 102 cm³/mol. The minimum absolute atomic E-state index is 0.195. The highest BCUT2D eigenvalue weighted by atomic mass is 16.5. The number of methoxy groups -OCH3 is 2. The van der Waals surface area contributed by atoms with Gasteiger partial charge in [-0.15, -0.1) is 0 Å². The van der Waals surface area contributed by atoms with E-state index in [2.05, 4.69) is 21.7 Å². The number of hydrogen-bond donors (Lipinski definition) is 3. The lowest BCUT2D eigenvalue weighted by Gasteiger charge is -2.11. The molecule has 3 rings (SSSR count). The van der Waals surface area contributed by atoms with Crippen molar-refractivity contribution in [2.24, 2.45) is 0 Å². The summed E-state index contributed by atoms with van der Waals surface area (Å²) < 4.78 is 10.5. The van der Waals surface area contributed by atoms with E-state index in [1.165, 1.54) is 10.9 Å². The number of benzene rings is 2. The average molecular weight is 353 g/mol. The zero-order chi connectivity index (χ0) is 18.4. The highest BCUT2D eigenvalue weighted by molar-refractivity contribution is 5.83. The molecule has 0 fully saturated rings. The molecule has 6 nitrogen and oxygen atoms in total. The highest BCUT2D eigenvalue weighted by Crippen LogP contribution is 2.27. The van der Waals surface area contributed by atoms with Crippen molar-refractivity contribution in [2.75, 3.05) is 20.8 Å². The zero-order valence-electron chi connectivity index (χ0n) is 15.0. The number of hydrogen-bond acceptors (Lipinski definition) is 3. The maximum Gasteiger partial charge on any atom is 0.315 e. The first kappa shape index (κ1) is 17.7. The van der Waals surface area contributed by atoms with Crippen LogP contribution in [-0.4, -0.2) is 31.8 Å². The van der Waals surface area contributed by atoms with Crippen molar-refractivity contribution >= 4 is 16.9 Å². The topological polar surface area (TPSA) is 75.4 Å². The minimum Gasteiger partial charge on any atom is -0.493 e. The Balaban J connectivity index is 1.47. The number of nitrogens with one attached hydrogen (secondary N) is 3. The lowest BCUT2D eigenvalue weighted by molar-refractivity contribution is 0.240. The first-order valence-corrected chi connectivity index (χ1v) is 8.49. The fraction of sp³-hybridized carbons (Fsp3) is 0.250. The van der Waals surface area contributed by atoms with Crippen LogP contribution in [0, 0.1) is 0 Å². The summed E-state index contributed by atoms with van der Waals surface area (Å²) in [6, 6.07) is 13.5. The van der Waals surface area contributed by atoms with Gasteiger partial charge in [-0.3, -0.25) is 0 Å². The lowest BCUT2D eigenvalue weighted by Crippen LogP contribution is -2.36. The van der Waals surface area contributed by atoms with Crippen LogP contribution in [0.25, 0.3) is 10.9 Å². The van der Waals surface area contributed by atoms with Crippen molar-refractivity contribution in [1.82, 2.24) is 15.6 Å². The second-order valence-corrected chi connectivity index (χ2v) is 5.91. The van der Waals surface area contributed by atoms with Crippen molar-refractivity contribution in [2.45, 2.75) is 13.0 Å². The van der Waals surface area contributed by atoms with Gasteiger partial charge in [0, 0.05) is 30.2 Å². The largest absolute Gasteiger partial charge is 0.493 e. The molecular weight excluding hydrogens is 330 g/mol. The summed E-state index contributed by atoms with van der Waals surface area (Å²) >= 11 is 0. The average Bonchev–Trinajstić information content (AvgIpc) is 3.09. The Morgan fingerprint density at radius 1 is 1.04 bits per heavy atom. The molecule has 6 heteroatoms. The Hall–Kier alpha value is -3.15. The SMILES string of the molecule is COc1ccc(CNC(=O)NCCc2c[nH]c3ccccc23)cc1OC. The van der Waals surface area contributed by atoms with Crippen molar-refractivity contribution in [1.29, 1.82) is 0 Å². The molecule has 2 amide bonds. The van der Waals surface area contributed by atoms with Crippen LogP contribution < -0.4 is 20.1 Å². The van der Waals surface area contributed by atoms with Gasteiger partial charge >= 0.3 is 6.03 Å². The third kappa shape index (κ3) is 4.08. The van der Waals surface area contributed by atoms with E-state index in [1.54, 1.807) is 14.2 Å². The fourth-order valence-corrected chi connectivity index (χ4v) is 2.88. The second-order valence-electron chi connectivity index (χ2n) is 5.91. The van der Waals surface area contributed by atoms with Crippen LogP contribution >= 0.6 is 0 Å². The molecule has 0 unspecified atom stereocenters. The second kappa shape index (κ2) is 8.29. The van der Waals surface area contributed by atoms with Crippen molar-refractivity contribution in [3.63, 3.8) is 0 Å². The Labute approximate surface area is 152 Å². The van der Waals surface area contributed by atoms with E-state index in [0.29, 0.717) is 24.6 Å². The number of aromatic amines is 1. The van der Waals surface area contributed by atoms with Gasteiger partial charge in [-0.25, -0.2) is 4.79 Å². The van der Waals surface area contributed by atoms with Gasteiger partial charge in [-0.1, -0.05) is 24.3 Å². The van der Waals surface area contributed by atoms with Gasteiger partial charge in [-0.05, 0) is 35.7 Å². The maximum absolute atomic E-state index is 12.0. The van der Waals surface area contributed by atoms with Crippen LogP contribution in [-0.2, 0) is 13.0 Å². The summed E-state index contributed by atoms with van der Waals surface area (Å²) in [7, 11) is 3.18. The summed E-state index contributed by atoms with van der Waals surface area (Å²) in [6.45, 7) is 0.985. The number of rotatable bonds is 7. The van der Waals surface area contributed by atoms with E-state index in [9.17, 15) is 4.79 Å². The summed E-state index contributed by atoms with van der Waals surface area (Å²) in [5.74, 6) is 1.31.